The summed E-state index contributed by atoms with van der Waals surface area (Å²) in [6.45, 7) is 5.49. The second-order valence-corrected chi connectivity index (χ2v) is 2.65. The van der Waals surface area contributed by atoms with E-state index in [1.54, 1.807) is 6.07 Å². The van der Waals surface area contributed by atoms with E-state index in [0.29, 0.717) is 11.3 Å². The van der Waals surface area contributed by atoms with Crippen LogP contribution in [0.4, 0.5) is 4.39 Å². The summed E-state index contributed by atoms with van der Waals surface area (Å²) in [5, 5.41) is 0. The molecule has 2 heteroatoms. The van der Waals surface area contributed by atoms with Gasteiger partial charge in [0, 0.05) is 11.3 Å². The van der Waals surface area contributed by atoms with Crippen LogP contribution >= 0.6 is 0 Å². The van der Waals surface area contributed by atoms with Crippen LogP contribution in [0.1, 0.15) is 18.1 Å². The molecule has 0 aromatic heterocycles. The van der Waals surface area contributed by atoms with Gasteiger partial charge in [-0.3, -0.25) is 0 Å². The average molecular weight is 165 g/mol. The zero-order valence-electron chi connectivity index (χ0n) is 7.10. The summed E-state index contributed by atoms with van der Waals surface area (Å²) in [4.78, 5) is 0. The molecule has 1 aromatic carbocycles. The van der Waals surface area contributed by atoms with Crippen LogP contribution in [0.15, 0.2) is 24.8 Å². The van der Waals surface area contributed by atoms with Crippen LogP contribution in [-0.2, 0) is 6.42 Å². The summed E-state index contributed by atoms with van der Waals surface area (Å²) in [6.07, 6.45) is 0.767. The number of halogens is 1. The minimum atomic E-state index is -0.290. The fourth-order valence-corrected chi connectivity index (χ4v) is 1.22. The van der Waals surface area contributed by atoms with E-state index in [0.717, 1.165) is 12.0 Å². The Bertz CT molecular complexity index is 305. The highest BCUT2D eigenvalue weighted by molar-refractivity contribution is 5.64. The highest BCUT2D eigenvalue weighted by Crippen LogP contribution is 2.18. The highest BCUT2D eigenvalue weighted by Gasteiger charge is 2.06. The van der Waals surface area contributed by atoms with Crippen molar-refractivity contribution < 1.29 is 4.39 Å². The molecule has 1 rings (SSSR count). The first-order valence-corrected chi connectivity index (χ1v) is 3.89. The first-order valence-electron chi connectivity index (χ1n) is 3.89. The highest BCUT2D eigenvalue weighted by atomic mass is 19.1. The normalized spacial score (nSPS) is 9.83. The molecule has 0 aliphatic heterocycles. The molecule has 0 radical (unpaired) electrons. The van der Waals surface area contributed by atoms with E-state index in [-0.39, 0.29) is 5.82 Å². The van der Waals surface area contributed by atoms with Gasteiger partial charge < -0.3 is 5.73 Å². The molecule has 0 atom stereocenters. The first-order chi connectivity index (χ1) is 5.66. The molecule has 0 aliphatic carbocycles. The standard InChI is InChI=1S/C10H12FN/c1-3-8-5-4-6-9(11)10(8)7(2)12/h4-6H,2-3,12H2,1H3. The maximum Gasteiger partial charge on any atom is 0.132 e. The Hall–Kier alpha value is -1.31. The van der Waals surface area contributed by atoms with Gasteiger partial charge in [-0.05, 0) is 18.1 Å². The van der Waals surface area contributed by atoms with Gasteiger partial charge in [0.25, 0.3) is 0 Å². The lowest BCUT2D eigenvalue weighted by molar-refractivity contribution is 0.621. The van der Waals surface area contributed by atoms with E-state index in [1.807, 2.05) is 13.0 Å². The fourth-order valence-electron chi connectivity index (χ4n) is 1.22. The van der Waals surface area contributed by atoms with E-state index >= 15 is 0 Å². The minimum Gasteiger partial charge on any atom is -0.399 e. The quantitative estimate of drug-likeness (QED) is 0.715. The molecular weight excluding hydrogens is 153 g/mol. The third-order valence-corrected chi connectivity index (χ3v) is 1.80. The maximum absolute atomic E-state index is 13.1. The number of hydrogen-bond donors (Lipinski definition) is 1. The van der Waals surface area contributed by atoms with Crippen molar-refractivity contribution in [1.82, 2.24) is 0 Å². The van der Waals surface area contributed by atoms with Crippen molar-refractivity contribution >= 4 is 5.70 Å². The third-order valence-electron chi connectivity index (χ3n) is 1.80. The van der Waals surface area contributed by atoms with Crippen molar-refractivity contribution in [2.75, 3.05) is 0 Å². The van der Waals surface area contributed by atoms with Crippen molar-refractivity contribution in [1.29, 1.82) is 0 Å². The Kier molecular flexibility index (Phi) is 2.48. The van der Waals surface area contributed by atoms with Gasteiger partial charge in [-0.2, -0.15) is 0 Å². The van der Waals surface area contributed by atoms with Gasteiger partial charge >= 0.3 is 0 Å². The van der Waals surface area contributed by atoms with Gasteiger partial charge in [0.1, 0.15) is 5.82 Å². The minimum absolute atomic E-state index is 0.290. The van der Waals surface area contributed by atoms with E-state index in [1.165, 1.54) is 6.07 Å². The van der Waals surface area contributed by atoms with E-state index in [4.69, 9.17) is 5.73 Å². The largest absolute Gasteiger partial charge is 0.399 e. The van der Waals surface area contributed by atoms with Crippen LogP contribution in [0.2, 0.25) is 0 Å². The van der Waals surface area contributed by atoms with Crippen LogP contribution < -0.4 is 5.73 Å². The SMILES string of the molecule is C=C(N)c1c(F)cccc1CC. The summed E-state index contributed by atoms with van der Waals surface area (Å²) < 4.78 is 13.1. The van der Waals surface area contributed by atoms with Gasteiger partial charge in [0.2, 0.25) is 0 Å². The molecule has 64 valence electrons. The Morgan fingerprint density at radius 1 is 1.58 bits per heavy atom. The molecule has 0 heterocycles. The predicted octanol–water partition coefficient (Wildman–Crippen LogP) is 2.32. The molecule has 0 fully saturated rings. The van der Waals surface area contributed by atoms with Gasteiger partial charge in [0.15, 0.2) is 0 Å². The summed E-state index contributed by atoms with van der Waals surface area (Å²) >= 11 is 0. The van der Waals surface area contributed by atoms with Crippen molar-refractivity contribution in [2.45, 2.75) is 13.3 Å². The Labute approximate surface area is 71.7 Å². The molecular formula is C10H12FN. The summed E-state index contributed by atoms with van der Waals surface area (Å²) in [5.74, 6) is -0.290. The van der Waals surface area contributed by atoms with Gasteiger partial charge in [-0.25, -0.2) is 4.39 Å². The second-order valence-electron chi connectivity index (χ2n) is 2.65. The number of nitrogens with two attached hydrogens (primary N) is 1. The number of hydrogen-bond acceptors (Lipinski definition) is 1. The van der Waals surface area contributed by atoms with Crippen molar-refractivity contribution in [3.05, 3.63) is 41.7 Å². The van der Waals surface area contributed by atoms with Crippen LogP contribution in [0.3, 0.4) is 0 Å². The molecule has 0 unspecified atom stereocenters. The topological polar surface area (TPSA) is 26.0 Å². The van der Waals surface area contributed by atoms with Crippen LogP contribution in [0.25, 0.3) is 5.70 Å². The zero-order valence-corrected chi connectivity index (χ0v) is 7.10. The second kappa shape index (κ2) is 3.39. The van der Waals surface area contributed by atoms with Gasteiger partial charge in [-0.1, -0.05) is 25.6 Å². The monoisotopic (exact) mass is 165 g/mol. The lowest BCUT2D eigenvalue weighted by atomic mass is 10.0. The van der Waals surface area contributed by atoms with Crippen molar-refractivity contribution in [3.63, 3.8) is 0 Å². The smallest absolute Gasteiger partial charge is 0.132 e. The molecule has 0 saturated carbocycles. The third kappa shape index (κ3) is 1.47. The molecule has 1 nitrogen and oxygen atoms in total. The molecule has 0 spiro atoms. The number of aryl methyl sites for hydroxylation is 1. The number of benzene rings is 1. The average Bonchev–Trinajstić information content (AvgIpc) is 2.03. The fraction of sp³-hybridized carbons (Fsp3) is 0.200. The van der Waals surface area contributed by atoms with Gasteiger partial charge in [0.05, 0.1) is 0 Å². The molecule has 1 aromatic rings. The lowest BCUT2D eigenvalue weighted by Gasteiger charge is -2.07. The Morgan fingerprint density at radius 3 is 2.67 bits per heavy atom. The van der Waals surface area contributed by atoms with Crippen LogP contribution in [-0.4, -0.2) is 0 Å². The van der Waals surface area contributed by atoms with E-state index in [2.05, 4.69) is 6.58 Å². The molecule has 2 N–H and O–H groups in total. The van der Waals surface area contributed by atoms with Crippen molar-refractivity contribution in [2.24, 2.45) is 5.73 Å². The summed E-state index contributed by atoms with van der Waals surface area (Å²) in [5.41, 5.74) is 7.12. The van der Waals surface area contributed by atoms with Crippen LogP contribution in [0.5, 0.6) is 0 Å². The van der Waals surface area contributed by atoms with Crippen molar-refractivity contribution in [3.8, 4) is 0 Å². The zero-order chi connectivity index (χ0) is 9.14. The van der Waals surface area contributed by atoms with E-state index < -0.39 is 0 Å². The molecule has 0 aliphatic rings. The molecule has 0 saturated heterocycles. The predicted molar refractivity (Wildman–Crippen MR) is 49.0 cm³/mol. The first kappa shape index (κ1) is 8.78. The molecule has 12 heavy (non-hydrogen) atoms. The van der Waals surface area contributed by atoms with E-state index in [9.17, 15) is 4.39 Å². The molecule has 0 bridgehead atoms. The number of rotatable bonds is 2. The summed E-state index contributed by atoms with van der Waals surface area (Å²) in [6, 6.07) is 4.93. The Morgan fingerprint density at radius 2 is 2.25 bits per heavy atom. The van der Waals surface area contributed by atoms with Gasteiger partial charge in [-0.15, -0.1) is 0 Å². The summed E-state index contributed by atoms with van der Waals surface area (Å²) in [7, 11) is 0. The van der Waals surface area contributed by atoms with Crippen LogP contribution in [0, 0.1) is 5.82 Å². The molecule has 0 amide bonds. The maximum atomic E-state index is 13.1. The lowest BCUT2D eigenvalue weighted by Crippen LogP contribution is -2.01. The Balaban J connectivity index is 3.29.